The quantitative estimate of drug-likeness (QED) is 0.759. The molecule has 2 rings (SSSR count). The Hall–Kier alpha value is -0.950. The molecule has 2 heterocycles. The number of carbonyl (C=O) groups excluding carboxylic acids is 1. The summed E-state index contributed by atoms with van der Waals surface area (Å²) in [6.07, 6.45) is 0.445. The lowest BCUT2D eigenvalue weighted by Gasteiger charge is -2.23. The predicted octanol–water partition coefficient (Wildman–Crippen LogP) is 0.282. The molecule has 21 heavy (non-hydrogen) atoms. The minimum atomic E-state index is 0.111. The highest BCUT2D eigenvalue weighted by Gasteiger charge is 2.35. The zero-order valence-electron chi connectivity index (χ0n) is 12.4. The minimum absolute atomic E-state index is 0.111. The van der Waals surface area contributed by atoms with Crippen molar-refractivity contribution in [2.75, 3.05) is 46.4 Å². The van der Waals surface area contributed by atoms with Gasteiger partial charge < -0.3 is 20.0 Å². The van der Waals surface area contributed by atoms with Crippen LogP contribution in [-0.4, -0.2) is 72.4 Å². The predicted molar refractivity (Wildman–Crippen MR) is 83.3 cm³/mol. The van der Waals surface area contributed by atoms with Gasteiger partial charge in [-0.05, 0) is 35.4 Å². The van der Waals surface area contributed by atoms with E-state index in [4.69, 9.17) is 5.11 Å². The molecule has 1 aliphatic rings. The summed E-state index contributed by atoms with van der Waals surface area (Å²) in [5, 5.41) is 22.5. The van der Waals surface area contributed by atoms with Crippen LogP contribution in [-0.2, 0) is 11.2 Å². The molecule has 1 saturated heterocycles. The summed E-state index contributed by atoms with van der Waals surface area (Å²) in [5.74, 6) is 0.551. The van der Waals surface area contributed by atoms with Gasteiger partial charge in [-0.15, -0.1) is 0 Å². The maximum absolute atomic E-state index is 12.3. The Morgan fingerprint density at radius 1 is 1.43 bits per heavy atom. The van der Waals surface area contributed by atoms with Crippen molar-refractivity contribution in [1.29, 1.82) is 0 Å². The number of hydrogen-bond donors (Lipinski definition) is 2. The third-order valence-electron chi connectivity index (χ3n) is 4.13. The smallest absolute Gasteiger partial charge is 0.227 e. The normalized spacial score (nSPS) is 22.2. The van der Waals surface area contributed by atoms with E-state index in [1.54, 1.807) is 11.3 Å². The Bertz CT molecular complexity index is 438. The van der Waals surface area contributed by atoms with Crippen LogP contribution < -0.4 is 0 Å². The van der Waals surface area contributed by atoms with Crippen LogP contribution in [0.5, 0.6) is 0 Å². The third-order valence-corrected chi connectivity index (χ3v) is 4.86. The largest absolute Gasteiger partial charge is 0.396 e. The van der Waals surface area contributed by atoms with Crippen LogP contribution >= 0.6 is 11.3 Å². The molecule has 0 spiro atoms. The second kappa shape index (κ2) is 7.89. The Morgan fingerprint density at radius 3 is 2.81 bits per heavy atom. The summed E-state index contributed by atoms with van der Waals surface area (Å²) in [6.45, 7) is 3.00. The van der Waals surface area contributed by atoms with E-state index in [2.05, 4.69) is 4.90 Å². The molecule has 1 aromatic heterocycles. The number of hydrogen-bond acceptors (Lipinski definition) is 5. The van der Waals surface area contributed by atoms with Gasteiger partial charge in [0.15, 0.2) is 0 Å². The molecule has 0 aromatic carbocycles. The van der Waals surface area contributed by atoms with Crippen molar-refractivity contribution in [3.63, 3.8) is 0 Å². The fourth-order valence-electron chi connectivity index (χ4n) is 2.90. The molecule has 1 aromatic rings. The fourth-order valence-corrected chi connectivity index (χ4v) is 3.57. The molecule has 118 valence electrons. The van der Waals surface area contributed by atoms with E-state index in [-0.39, 0.29) is 31.0 Å². The van der Waals surface area contributed by atoms with Gasteiger partial charge in [0, 0.05) is 38.7 Å². The molecule has 1 amide bonds. The van der Waals surface area contributed by atoms with Crippen LogP contribution in [0, 0.1) is 11.8 Å². The standard InChI is InChI=1S/C15H24N2O3S/c1-16(3-4-18)7-13-8-17(9-14(13)10-19)15(20)6-12-2-5-21-11-12/h2,5,11,13-14,18-19H,3-4,6-10H2,1H3/t13-,14-/m1/s1. The summed E-state index contributed by atoms with van der Waals surface area (Å²) >= 11 is 1.60. The van der Waals surface area contributed by atoms with E-state index in [9.17, 15) is 9.90 Å². The zero-order chi connectivity index (χ0) is 15.2. The van der Waals surface area contributed by atoms with Gasteiger partial charge in [0.25, 0.3) is 0 Å². The molecule has 6 heteroatoms. The fraction of sp³-hybridized carbons (Fsp3) is 0.667. The SMILES string of the molecule is CN(CCO)C[C@@H]1CN(C(=O)Cc2ccsc2)C[C@@H]1CO. The minimum Gasteiger partial charge on any atom is -0.396 e. The maximum Gasteiger partial charge on any atom is 0.227 e. The molecular weight excluding hydrogens is 288 g/mol. The molecule has 2 atom stereocenters. The van der Waals surface area contributed by atoms with Gasteiger partial charge in [-0.3, -0.25) is 4.79 Å². The monoisotopic (exact) mass is 312 g/mol. The van der Waals surface area contributed by atoms with Crippen LogP contribution in [0.25, 0.3) is 0 Å². The lowest BCUT2D eigenvalue weighted by Crippen LogP contribution is -2.33. The number of aliphatic hydroxyl groups excluding tert-OH is 2. The van der Waals surface area contributed by atoms with Gasteiger partial charge in [0.2, 0.25) is 5.91 Å². The van der Waals surface area contributed by atoms with Crippen LogP contribution in [0.3, 0.4) is 0 Å². The van der Waals surface area contributed by atoms with Crippen LogP contribution in [0.2, 0.25) is 0 Å². The number of carbonyl (C=O) groups is 1. The summed E-state index contributed by atoms with van der Waals surface area (Å²) < 4.78 is 0. The molecule has 0 aliphatic carbocycles. The summed E-state index contributed by atoms with van der Waals surface area (Å²) in [4.78, 5) is 16.3. The lowest BCUT2D eigenvalue weighted by molar-refractivity contribution is -0.129. The number of rotatable bonds is 7. The molecule has 5 nitrogen and oxygen atoms in total. The first-order valence-electron chi connectivity index (χ1n) is 7.33. The van der Waals surface area contributed by atoms with E-state index in [1.165, 1.54) is 0 Å². The highest BCUT2D eigenvalue weighted by Crippen LogP contribution is 2.24. The summed E-state index contributed by atoms with van der Waals surface area (Å²) in [7, 11) is 1.96. The Kier molecular flexibility index (Phi) is 6.17. The second-order valence-electron chi connectivity index (χ2n) is 5.80. The zero-order valence-corrected chi connectivity index (χ0v) is 13.3. The van der Waals surface area contributed by atoms with Crippen molar-refractivity contribution in [1.82, 2.24) is 9.80 Å². The van der Waals surface area contributed by atoms with E-state index in [0.717, 1.165) is 12.1 Å². The third kappa shape index (κ3) is 4.51. The molecule has 0 unspecified atom stereocenters. The molecule has 2 N–H and O–H groups in total. The number of amides is 1. The van der Waals surface area contributed by atoms with Crippen molar-refractivity contribution in [2.45, 2.75) is 6.42 Å². The van der Waals surface area contributed by atoms with Gasteiger partial charge in [-0.25, -0.2) is 0 Å². The van der Waals surface area contributed by atoms with E-state index in [1.807, 2.05) is 28.8 Å². The summed E-state index contributed by atoms with van der Waals surface area (Å²) in [6, 6.07) is 1.98. The van der Waals surface area contributed by atoms with E-state index in [0.29, 0.717) is 26.1 Å². The van der Waals surface area contributed by atoms with E-state index < -0.39 is 0 Å². The maximum atomic E-state index is 12.3. The average Bonchev–Trinajstić information content (AvgIpc) is 3.08. The van der Waals surface area contributed by atoms with Gasteiger partial charge >= 0.3 is 0 Å². The number of likely N-dealkylation sites (N-methyl/N-ethyl adjacent to an activating group) is 1. The topological polar surface area (TPSA) is 64.0 Å². The van der Waals surface area contributed by atoms with Crippen molar-refractivity contribution >= 4 is 17.2 Å². The van der Waals surface area contributed by atoms with Crippen molar-refractivity contribution in [3.05, 3.63) is 22.4 Å². The van der Waals surface area contributed by atoms with Crippen LogP contribution in [0.4, 0.5) is 0 Å². The van der Waals surface area contributed by atoms with Crippen molar-refractivity contribution < 1.29 is 15.0 Å². The highest BCUT2D eigenvalue weighted by molar-refractivity contribution is 7.07. The highest BCUT2D eigenvalue weighted by atomic mass is 32.1. The number of thiophene rings is 1. The van der Waals surface area contributed by atoms with Crippen LogP contribution in [0.1, 0.15) is 5.56 Å². The molecule has 1 fully saturated rings. The van der Waals surface area contributed by atoms with Gasteiger partial charge in [-0.2, -0.15) is 11.3 Å². The van der Waals surface area contributed by atoms with Gasteiger partial charge in [0.05, 0.1) is 13.0 Å². The van der Waals surface area contributed by atoms with E-state index >= 15 is 0 Å². The number of aliphatic hydroxyl groups is 2. The number of likely N-dealkylation sites (tertiary alicyclic amines) is 1. The molecule has 1 aliphatic heterocycles. The van der Waals surface area contributed by atoms with Crippen LogP contribution in [0.15, 0.2) is 16.8 Å². The lowest BCUT2D eigenvalue weighted by atomic mass is 9.96. The second-order valence-corrected chi connectivity index (χ2v) is 6.58. The number of nitrogens with zero attached hydrogens (tertiary/aromatic N) is 2. The molecule has 0 bridgehead atoms. The first kappa shape index (κ1) is 16.4. The van der Waals surface area contributed by atoms with Crippen molar-refractivity contribution in [2.24, 2.45) is 11.8 Å². The van der Waals surface area contributed by atoms with Gasteiger partial charge in [0.1, 0.15) is 0 Å². The first-order valence-corrected chi connectivity index (χ1v) is 8.27. The molecule has 0 saturated carbocycles. The molecule has 0 radical (unpaired) electrons. The Balaban J connectivity index is 1.89. The Labute approximate surface area is 129 Å². The van der Waals surface area contributed by atoms with Crippen molar-refractivity contribution in [3.8, 4) is 0 Å². The summed E-state index contributed by atoms with van der Waals surface area (Å²) in [5.41, 5.74) is 1.06. The van der Waals surface area contributed by atoms with Gasteiger partial charge in [-0.1, -0.05) is 0 Å². The first-order chi connectivity index (χ1) is 10.1. The molecular formula is C15H24N2O3S. The Morgan fingerprint density at radius 2 is 2.19 bits per heavy atom. The average molecular weight is 312 g/mol.